The van der Waals surface area contributed by atoms with Gasteiger partial charge in [-0.1, -0.05) is 68.0 Å². The number of halogens is 4. The van der Waals surface area contributed by atoms with Crippen LogP contribution in [-0.2, 0) is 9.53 Å². The van der Waals surface area contributed by atoms with Gasteiger partial charge in [0.05, 0.1) is 17.0 Å². The van der Waals surface area contributed by atoms with Crippen molar-refractivity contribution in [2.45, 2.75) is 91.4 Å². The van der Waals surface area contributed by atoms with E-state index in [9.17, 15) is 22.8 Å². The van der Waals surface area contributed by atoms with Gasteiger partial charge in [-0.25, -0.2) is 9.18 Å². The van der Waals surface area contributed by atoms with Crippen molar-refractivity contribution in [1.29, 1.82) is 0 Å². The first-order chi connectivity index (χ1) is 22.4. The highest BCUT2D eigenvalue weighted by molar-refractivity contribution is 5.90. The Morgan fingerprint density at radius 2 is 1.50 bits per heavy atom. The Morgan fingerprint density at radius 3 is 2.02 bits per heavy atom. The molecule has 0 radical (unpaired) electrons. The van der Waals surface area contributed by atoms with E-state index in [1.807, 2.05) is 39.0 Å². The van der Waals surface area contributed by atoms with Crippen LogP contribution < -0.4 is 10.1 Å². The zero-order valence-electron chi connectivity index (χ0n) is 28.4. The molecule has 9 heteroatoms. The van der Waals surface area contributed by atoms with Gasteiger partial charge in [0.1, 0.15) is 17.5 Å². The number of nitrogens with one attached hydrogen (secondary N) is 1. The molecule has 0 aromatic heterocycles. The highest BCUT2D eigenvalue weighted by Gasteiger charge is 2.43. The lowest BCUT2D eigenvalue weighted by Crippen LogP contribution is -2.46. The van der Waals surface area contributed by atoms with Gasteiger partial charge in [-0.2, -0.15) is 0 Å². The van der Waals surface area contributed by atoms with E-state index in [1.165, 1.54) is 37.3 Å². The van der Waals surface area contributed by atoms with Crippen LogP contribution in [0.25, 0.3) is 5.57 Å². The van der Waals surface area contributed by atoms with Crippen molar-refractivity contribution < 1.29 is 36.6 Å². The number of alkyl halides is 4. The molecular formula is C39H43F4NO4. The maximum Gasteiger partial charge on any atom is 0.573 e. The summed E-state index contributed by atoms with van der Waals surface area (Å²) in [5, 5.41) is 3.06. The Labute approximate surface area is 280 Å². The number of carbonyl (C=O) groups is 2. The lowest BCUT2D eigenvalue weighted by atomic mass is 9.76. The maximum atomic E-state index is 16.1. The molecule has 0 fully saturated rings. The number of hydrogen-bond acceptors (Lipinski definition) is 4. The molecule has 1 aliphatic rings. The van der Waals surface area contributed by atoms with Crippen LogP contribution in [0.4, 0.5) is 17.6 Å². The average Bonchev–Trinajstić information content (AvgIpc) is 2.99. The molecule has 1 N–H and O–H groups in total. The fourth-order valence-electron chi connectivity index (χ4n) is 6.01. The van der Waals surface area contributed by atoms with E-state index >= 15 is 4.39 Å². The number of rotatable bonds is 10. The summed E-state index contributed by atoms with van der Waals surface area (Å²) in [6.07, 6.45) is -0.441. The summed E-state index contributed by atoms with van der Waals surface area (Å²) in [7, 11) is 0. The Kier molecular flexibility index (Phi) is 10.9. The summed E-state index contributed by atoms with van der Waals surface area (Å²) in [6.45, 7) is 12.7. The van der Waals surface area contributed by atoms with Crippen molar-refractivity contribution in [1.82, 2.24) is 5.32 Å². The molecular weight excluding hydrogens is 622 g/mol. The molecule has 0 bridgehead atoms. The molecule has 4 rings (SSSR count). The van der Waals surface area contributed by atoms with E-state index in [4.69, 9.17) is 4.74 Å². The Morgan fingerprint density at radius 1 is 0.917 bits per heavy atom. The smallest absolute Gasteiger partial charge is 0.456 e. The van der Waals surface area contributed by atoms with E-state index in [0.717, 1.165) is 22.3 Å². The molecule has 5 nitrogen and oxygen atoms in total. The second-order valence-electron chi connectivity index (χ2n) is 13.5. The zero-order valence-corrected chi connectivity index (χ0v) is 28.4. The average molecular weight is 666 g/mol. The first kappa shape index (κ1) is 36.4. The maximum absolute atomic E-state index is 16.1. The number of benzene rings is 3. The fourth-order valence-corrected chi connectivity index (χ4v) is 6.01. The van der Waals surface area contributed by atoms with Crippen LogP contribution in [0.15, 0.2) is 85.0 Å². The minimum absolute atomic E-state index is 0.352. The standard InChI is InChI=1S/C39H43F4NO4/c1-8-10-31(26-13-15-28(16-14-26)35(45)48-37(4,5)6)34(27-17-19-30(20-18-27)47-39(41,42)43)44-36(46)38(7)22-21-29(23-32(38)40)33-24(2)11-9-12-25(33)3/h9,11-23,31-32,34H,8,10H2,1-7H3,(H,44,46). The second kappa shape index (κ2) is 14.4. The predicted molar refractivity (Wildman–Crippen MR) is 179 cm³/mol. The van der Waals surface area contributed by atoms with Crippen molar-refractivity contribution in [3.05, 3.63) is 118 Å². The van der Waals surface area contributed by atoms with Gasteiger partial charge < -0.3 is 14.8 Å². The molecule has 4 unspecified atom stereocenters. The van der Waals surface area contributed by atoms with Crippen LogP contribution >= 0.6 is 0 Å². The lowest BCUT2D eigenvalue weighted by Gasteiger charge is -2.35. The fraction of sp³-hybridized carbons (Fsp3) is 0.385. The third kappa shape index (κ3) is 8.74. The Balaban J connectivity index is 1.70. The van der Waals surface area contributed by atoms with Crippen molar-refractivity contribution in [2.75, 3.05) is 0 Å². The lowest BCUT2D eigenvalue weighted by molar-refractivity contribution is -0.274. The van der Waals surface area contributed by atoms with Crippen LogP contribution in [0.1, 0.15) is 97.6 Å². The van der Waals surface area contributed by atoms with Gasteiger partial charge in [0.2, 0.25) is 5.91 Å². The summed E-state index contributed by atoms with van der Waals surface area (Å²) in [5.74, 6) is -1.84. The van der Waals surface area contributed by atoms with Crippen LogP contribution in [0.2, 0.25) is 0 Å². The van der Waals surface area contributed by atoms with E-state index in [0.29, 0.717) is 29.5 Å². The van der Waals surface area contributed by atoms with E-state index in [2.05, 4.69) is 10.1 Å². The first-order valence-corrected chi connectivity index (χ1v) is 16.0. The van der Waals surface area contributed by atoms with Crippen molar-refractivity contribution in [3.8, 4) is 5.75 Å². The first-order valence-electron chi connectivity index (χ1n) is 16.0. The van der Waals surface area contributed by atoms with Crippen molar-refractivity contribution >= 4 is 17.4 Å². The highest BCUT2D eigenvalue weighted by Crippen LogP contribution is 2.41. The number of amides is 1. The molecule has 0 spiro atoms. The molecule has 48 heavy (non-hydrogen) atoms. The van der Waals surface area contributed by atoms with Gasteiger partial charge in [-0.05, 0) is 112 Å². The molecule has 0 saturated heterocycles. The Hall–Kier alpha value is -4.40. The third-order valence-electron chi connectivity index (χ3n) is 8.50. The SMILES string of the molecule is CCCC(c1ccc(C(=O)OC(C)(C)C)cc1)C(NC(=O)C1(C)C=CC(c2c(C)cccc2C)=CC1F)c1ccc(OC(F)(F)F)cc1. The topological polar surface area (TPSA) is 64.6 Å². The van der Waals surface area contributed by atoms with Gasteiger partial charge in [0.15, 0.2) is 0 Å². The van der Waals surface area contributed by atoms with E-state index in [-0.39, 0.29) is 5.92 Å². The van der Waals surface area contributed by atoms with Gasteiger partial charge in [-0.3, -0.25) is 4.79 Å². The van der Waals surface area contributed by atoms with Gasteiger partial charge in [0.25, 0.3) is 0 Å². The summed E-state index contributed by atoms with van der Waals surface area (Å²) in [6, 6.07) is 17.2. The number of carbonyl (C=O) groups excluding carboxylic acids is 2. The number of hydrogen-bond donors (Lipinski definition) is 1. The van der Waals surface area contributed by atoms with Gasteiger partial charge in [0, 0.05) is 5.92 Å². The molecule has 0 aliphatic heterocycles. The minimum Gasteiger partial charge on any atom is -0.456 e. The van der Waals surface area contributed by atoms with Gasteiger partial charge in [-0.15, -0.1) is 13.2 Å². The molecule has 1 amide bonds. The minimum atomic E-state index is -4.86. The second-order valence-corrected chi connectivity index (χ2v) is 13.5. The van der Waals surface area contributed by atoms with Crippen LogP contribution in [0.5, 0.6) is 5.75 Å². The molecule has 3 aromatic rings. The van der Waals surface area contributed by atoms with Crippen LogP contribution in [0.3, 0.4) is 0 Å². The van der Waals surface area contributed by atoms with E-state index in [1.54, 1.807) is 57.2 Å². The van der Waals surface area contributed by atoms with Crippen molar-refractivity contribution in [3.63, 3.8) is 0 Å². The Bertz CT molecular complexity index is 1650. The van der Waals surface area contributed by atoms with E-state index < -0.39 is 47.2 Å². The van der Waals surface area contributed by atoms with Crippen LogP contribution in [-0.4, -0.2) is 30.0 Å². The molecule has 0 saturated carbocycles. The summed E-state index contributed by atoms with van der Waals surface area (Å²) < 4.78 is 64.4. The zero-order chi connectivity index (χ0) is 35.4. The summed E-state index contributed by atoms with van der Waals surface area (Å²) in [4.78, 5) is 26.8. The van der Waals surface area contributed by atoms with Crippen LogP contribution in [0, 0.1) is 19.3 Å². The third-order valence-corrected chi connectivity index (χ3v) is 8.50. The number of allylic oxidation sites excluding steroid dienone is 3. The summed E-state index contributed by atoms with van der Waals surface area (Å²) in [5.41, 5.74) is 2.99. The molecule has 256 valence electrons. The monoisotopic (exact) mass is 665 g/mol. The normalized spacial score (nSPS) is 19.2. The molecule has 4 atom stereocenters. The summed E-state index contributed by atoms with van der Waals surface area (Å²) >= 11 is 0. The van der Waals surface area contributed by atoms with Gasteiger partial charge >= 0.3 is 12.3 Å². The number of aryl methyl sites for hydroxylation is 2. The molecule has 1 aliphatic carbocycles. The van der Waals surface area contributed by atoms with Crippen molar-refractivity contribution in [2.24, 2.45) is 5.41 Å². The molecule has 3 aromatic carbocycles. The number of esters is 1. The number of ether oxygens (including phenoxy) is 2. The highest BCUT2D eigenvalue weighted by atomic mass is 19.4. The predicted octanol–water partition coefficient (Wildman–Crippen LogP) is 9.90. The largest absolute Gasteiger partial charge is 0.573 e. The quantitative estimate of drug-likeness (QED) is 0.173. The molecule has 0 heterocycles.